The molecule has 0 aliphatic rings. The first-order valence-corrected chi connectivity index (χ1v) is 9.98. The SMILES string of the molecule is Cc1ccc(-n2c(=O)c3cccnc3n2CC(=O)NCc2ccccc2Cl)cc1C. The lowest BCUT2D eigenvalue weighted by Crippen LogP contribution is -2.31. The Kier molecular flexibility index (Phi) is 5.42. The van der Waals surface area contributed by atoms with Crippen LogP contribution in [0.15, 0.2) is 65.6 Å². The average Bonchev–Trinajstić information content (AvgIpc) is 3.01. The summed E-state index contributed by atoms with van der Waals surface area (Å²) in [7, 11) is 0. The summed E-state index contributed by atoms with van der Waals surface area (Å²) in [6.45, 7) is 4.26. The summed E-state index contributed by atoms with van der Waals surface area (Å²) in [5.41, 5.74) is 3.97. The molecule has 2 aromatic carbocycles. The molecule has 1 amide bonds. The molecule has 4 rings (SSSR count). The summed E-state index contributed by atoms with van der Waals surface area (Å²) in [4.78, 5) is 30.2. The van der Waals surface area contributed by atoms with E-state index in [-0.39, 0.29) is 18.0 Å². The topological polar surface area (TPSA) is 68.9 Å². The number of carbonyl (C=O) groups excluding carboxylic acids is 1. The zero-order valence-electron chi connectivity index (χ0n) is 16.7. The molecule has 6 nitrogen and oxygen atoms in total. The Morgan fingerprint density at radius 3 is 2.63 bits per heavy atom. The van der Waals surface area contributed by atoms with E-state index in [1.807, 2.05) is 50.2 Å². The van der Waals surface area contributed by atoms with Crippen molar-refractivity contribution < 1.29 is 4.79 Å². The van der Waals surface area contributed by atoms with Crippen LogP contribution in [0.25, 0.3) is 16.7 Å². The van der Waals surface area contributed by atoms with Crippen LogP contribution in [0.1, 0.15) is 16.7 Å². The van der Waals surface area contributed by atoms with Gasteiger partial charge in [0, 0.05) is 17.8 Å². The van der Waals surface area contributed by atoms with Crippen LogP contribution in [-0.2, 0) is 17.9 Å². The summed E-state index contributed by atoms with van der Waals surface area (Å²) in [6, 6.07) is 16.6. The highest BCUT2D eigenvalue weighted by Crippen LogP contribution is 2.17. The number of pyridine rings is 1. The monoisotopic (exact) mass is 420 g/mol. The second-order valence-electron chi connectivity index (χ2n) is 7.19. The van der Waals surface area contributed by atoms with Crippen molar-refractivity contribution in [3.8, 4) is 5.69 Å². The van der Waals surface area contributed by atoms with E-state index < -0.39 is 0 Å². The van der Waals surface area contributed by atoms with Gasteiger partial charge in [-0.05, 0) is 60.9 Å². The van der Waals surface area contributed by atoms with E-state index in [0.29, 0.717) is 28.3 Å². The van der Waals surface area contributed by atoms with Gasteiger partial charge >= 0.3 is 0 Å². The first-order valence-electron chi connectivity index (χ1n) is 9.60. The number of benzene rings is 2. The molecule has 7 heteroatoms. The first-order chi connectivity index (χ1) is 14.5. The van der Waals surface area contributed by atoms with Gasteiger partial charge in [0.05, 0.1) is 11.1 Å². The Morgan fingerprint density at radius 1 is 1.07 bits per heavy atom. The largest absolute Gasteiger partial charge is 0.350 e. The van der Waals surface area contributed by atoms with Gasteiger partial charge in [-0.25, -0.2) is 9.67 Å². The fraction of sp³-hybridized carbons (Fsp3) is 0.174. The number of fused-ring (bicyclic) bond motifs is 1. The van der Waals surface area contributed by atoms with Crippen molar-refractivity contribution in [2.24, 2.45) is 0 Å². The molecule has 0 saturated carbocycles. The van der Waals surface area contributed by atoms with Crippen LogP contribution in [0.5, 0.6) is 0 Å². The van der Waals surface area contributed by atoms with Crippen LogP contribution in [0.4, 0.5) is 0 Å². The Labute approximate surface area is 178 Å². The van der Waals surface area contributed by atoms with Gasteiger partial charge < -0.3 is 5.32 Å². The van der Waals surface area contributed by atoms with Gasteiger partial charge in [0.25, 0.3) is 5.56 Å². The fourth-order valence-corrected chi connectivity index (χ4v) is 3.58. The summed E-state index contributed by atoms with van der Waals surface area (Å²) in [6.07, 6.45) is 1.62. The average molecular weight is 421 g/mol. The first kappa shape index (κ1) is 19.9. The summed E-state index contributed by atoms with van der Waals surface area (Å²) in [5.74, 6) is -0.241. The number of halogens is 1. The van der Waals surface area contributed by atoms with Crippen LogP contribution in [0.2, 0.25) is 5.02 Å². The summed E-state index contributed by atoms with van der Waals surface area (Å²) >= 11 is 6.17. The van der Waals surface area contributed by atoms with Crippen LogP contribution >= 0.6 is 11.6 Å². The number of carbonyl (C=O) groups is 1. The highest BCUT2D eigenvalue weighted by atomic mass is 35.5. The van der Waals surface area contributed by atoms with Crippen molar-refractivity contribution in [3.05, 3.63) is 92.9 Å². The number of hydrogen-bond donors (Lipinski definition) is 1. The number of amides is 1. The molecule has 0 bridgehead atoms. The normalized spacial score (nSPS) is 11.0. The molecule has 30 heavy (non-hydrogen) atoms. The van der Waals surface area contributed by atoms with E-state index >= 15 is 0 Å². The Balaban J connectivity index is 1.71. The quantitative estimate of drug-likeness (QED) is 0.534. The highest BCUT2D eigenvalue weighted by Gasteiger charge is 2.18. The molecular formula is C23H21ClN4O2. The molecule has 152 valence electrons. The van der Waals surface area contributed by atoms with Crippen molar-refractivity contribution in [2.75, 3.05) is 0 Å². The lowest BCUT2D eigenvalue weighted by atomic mass is 10.1. The van der Waals surface area contributed by atoms with Gasteiger partial charge in [-0.1, -0.05) is 35.9 Å². The second kappa shape index (κ2) is 8.16. The molecule has 0 atom stereocenters. The third kappa shape index (κ3) is 3.74. The van der Waals surface area contributed by atoms with Crippen molar-refractivity contribution in [2.45, 2.75) is 26.9 Å². The molecular weight excluding hydrogens is 400 g/mol. The number of hydrogen-bond acceptors (Lipinski definition) is 3. The maximum Gasteiger partial charge on any atom is 0.280 e. The molecule has 0 fully saturated rings. The Morgan fingerprint density at radius 2 is 1.87 bits per heavy atom. The van der Waals surface area contributed by atoms with Gasteiger partial charge in [-0.3, -0.25) is 14.3 Å². The van der Waals surface area contributed by atoms with Gasteiger partial charge in [0.2, 0.25) is 5.91 Å². The van der Waals surface area contributed by atoms with E-state index in [0.717, 1.165) is 16.7 Å². The maximum atomic E-state index is 13.1. The molecule has 0 unspecified atom stereocenters. The Hall–Kier alpha value is -3.38. The van der Waals surface area contributed by atoms with Crippen LogP contribution < -0.4 is 10.9 Å². The number of aryl methyl sites for hydroxylation is 2. The molecule has 0 aliphatic heterocycles. The maximum absolute atomic E-state index is 13.1. The van der Waals surface area contributed by atoms with Crippen molar-refractivity contribution in [3.63, 3.8) is 0 Å². The smallest absolute Gasteiger partial charge is 0.280 e. The van der Waals surface area contributed by atoms with Crippen molar-refractivity contribution >= 4 is 28.5 Å². The Bertz CT molecular complexity index is 1310. The zero-order chi connectivity index (χ0) is 21.3. The summed E-state index contributed by atoms with van der Waals surface area (Å²) < 4.78 is 3.13. The third-order valence-corrected chi connectivity index (χ3v) is 5.53. The van der Waals surface area contributed by atoms with E-state index in [1.54, 1.807) is 29.1 Å². The molecule has 0 radical (unpaired) electrons. The minimum Gasteiger partial charge on any atom is -0.350 e. The van der Waals surface area contributed by atoms with Gasteiger partial charge in [0.15, 0.2) is 5.65 Å². The van der Waals surface area contributed by atoms with E-state index in [4.69, 9.17) is 11.6 Å². The molecule has 0 saturated heterocycles. The molecule has 0 spiro atoms. The van der Waals surface area contributed by atoms with Crippen LogP contribution in [0.3, 0.4) is 0 Å². The van der Waals surface area contributed by atoms with Gasteiger partial charge in [-0.15, -0.1) is 0 Å². The molecule has 1 N–H and O–H groups in total. The minimum atomic E-state index is -0.241. The van der Waals surface area contributed by atoms with Crippen LogP contribution in [0, 0.1) is 13.8 Å². The molecule has 0 aliphatic carbocycles. The number of nitrogens with zero attached hydrogens (tertiary/aromatic N) is 3. The zero-order valence-corrected chi connectivity index (χ0v) is 17.5. The standard InChI is InChI=1S/C23H21ClN4O2/c1-15-9-10-18(12-16(15)2)28-23(30)19-7-5-11-25-22(19)27(28)14-21(29)26-13-17-6-3-4-8-20(17)24/h3-12H,13-14H2,1-2H3,(H,26,29). The highest BCUT2D eigenvalue weighted by molar-refractivity contribution is 6.31. The lowest BCUT2D eigenvalue weighted by Gasteiger charge is -2.14. The number of aromatic nitrogens is 3. The van der Waals surface area contributed by atoms with E-state index in [2.05, 4.69) is 10.3 Å². The fourth-order valence-electron chi connectivity index (χ4n) is 3.38. The number of rotatable bonds is 5. The molecule has 4 aromatic rings. The van der Waals surface area contributed by atoms with Crippen molar-refractivity contribution in [1.29, 1.82) is 0 Å². The van der Waals surface area contributed by atoms with Crippen molar-refractivity contribution in [1.82, 2.24) is 19.7 Å². The van der Waals surface area contributed by atoms with E-state index in [1.165, 1.54) is 4.68 Å². The van der Waals surface area contributed by atoms with Gasteiger partial charge in [0.1, 0.15) is 6.54 Å². The van der Waals surface area contributed by atoms with Gasteiger partial charge in [-0.2, -0.15) is 0 Å². The second-order valence-corrected chi connectivity index (χ2v) is 7.59. The van der Waals surface area contributed by atoms with Crippen LogP contribution in [-0.4, -0.2) is 20.3 Å². The van der Waals surface area contributed by atoms with E-state index in [9.17, 15) is 9.59 Å². The third-order valence-electron chi connectivity index (χ3n) is 5.16. The summed E-state index contributed by atoms with van der Waals surface area (Å²) in [5, 5.41) is 3.94. The number of nitrogens with one attached hydrogen (secondary N) is 1. The lowest BCUT2D eigenvalue weighted by molar-refractivity contribution is -0.122. The predicted molar refractivity (Wildman–Crippen MR) is 118 cm³/mol. The predicted octanol–water partition coefficient (Wildman–Crippen LogP) is 3.77. The minimum absolute atomic E-state index is 0.0485. The molecule has 2 aromatic heterocycles. The molecule has 2 heterocycles.